The van der Waals surface area contributed by atoms with Gasteiger partial charge in [-0.3, -0.25) is 4.84 Å². The zero-order valence-corrected chi connectivity index (χ0v) is 22.5. The first kappa shape index (κ1) is 24.5. The zero-order valence-electron chi connectivity index (χ0n) is 19.3. The Kier molecular flexibility index (Phi) is 7.43. The topological polar surface area (TPSA) is 100 Å². The van der Waals surface area contributed by atoms with Crippen LogP contribution in [-0.2, 0) is 14.0 Å². The lowest BCUT2D eigenvalue weighted by atomic mass is 10.2. The highest BCUT2D eigenvalue weighted by molar-refractivity contribution is 14.1. The van der Waals surface area contributed by atoms with Gasteiger partial charge in [0.25, 0.3) is 0 Å². The number of rotatable bonds is 7. The minimum absolute atomic E-state index is 0.122. The molecule has 2 N–H and O–H groups in total. The van der Waals surface area contributed by atoms with Gasteiger partial charge in [0.15, 0.2) is 14.1 Å². The van der Waals surface area contributed by atoms with E-state index in [1.807, 2.05) is 29.8 Å². The second-order valence-electron chi connectivity index (χ2n) is 9.60. The summed E-state index contributed by atoms with van der Waals surface area (Å²) in [5.74, 6) is 6.24. The lowest BCUT2D eigenvalue weighted by molar-refractivity contribution is -0.0586. The van der Waals surface area contributed by atoms with Gasteiger partial charge < -0.3 is 18.6 Å². The molecule has 0 aromatic carbocycles. The third-order valence-corrected chi connectivity index (χ3v) is 11.4. The van der Waals surface area contributed by atoms with Crippen LogP contribution in [0.4, 0.5) is 5.82 Å². The van der Waals surface area contributed by atoms with Crippen LogP contribution in [0.3, 0.4) is 0 Å². The Balaban J connectivity index is 1.84. The van der Waals surface area contributed by atoms with Crippen LogP contribution in [0.15, 0.2) is 17.5 Å². The Labute approximate surface area is 198 Å². The smallest absolute Gasteiger partial charge is 0.192 e. The molecule has 0 radical (unpaired) electrons. The third-order valence-electron chi connectivity index (χ3n) is 6.03. The Morgan fingerprint density at radius 1 is 1.39 bits per heavy atom. The highest BCUT2D eigenvalue weighted by Gasteiger charge is 2.42. The van der Waals surface area contributed by atoms with Gasteiger partial charge in [-0.15, -0.1) is 0 Å². The van der Waals surface area contributed by atoms with Crippen LogP contribution < -0.4 is 5.90 Å². The molecule has 31 heavy (non-hydrogen) atoms. The summed E-state index contributed by atoms with van der Waals surface area (Å²) < 4.78 is 15.8. The lowest BCUT2D eigenvalue weighted by Crippen LogP contribution is -2.44. The Morgan fingerprint density at radius 3 is 2.71 bits per heavy atom. The van der Waals surface area contributed by atoms with Crippen LogP contribution >= 0.6 is 22.6 Å². The summed E-state index contributed by atoms with van der Waals surface area (Å²) in [5.41, 5.74) is 0.775. The van der Waals surface area contributed by atoms with Crippen molar-refractivity contribution in [3.05, 3.63) is 16.1 Å². The first-order valence-corrected chi connectivity index (χ1v) is 14.3. The van der Waals surface area contributed by atoms with Crippen molar-refractivity contribution >= 4 is 54.1 Å². The van der Waals surface area contributed by atoms with Gasteiger partial charge in [-0.1, -0.05) is 20.8 Å². The molecule has 2 aromatic heterocycles. The molecular weight excluding hydrogens is 527 g/mol. The largest absolute Gasteiger partial charge is 0.414 e. The number of nitrogens with two attached hydrogens (primary N) is 1. The maximum Gasteiger partial charge on any atom is 0.192 e. The molecule has 0 aliphatic carbocycles. The second kappa shape index (κ2) is 9.39. The number of hydrogen-bond donors (Lipinski definition) is 1. The maximum absolute atomic E-state index is 6.38. The van der Waals surface area contributed by atoms with Gasteiger partial charge in [0.2, 0.25) is 0 Å². The molecule has 9 nitrogen and oxygen atoms in total. The van der Waals surface area contributed by atoms with Crippen molar-refractivity contribution in [2.75, 3.05) is 20.7 Å². The highest BCUT2D eigenvalue weighted by atomic mass is 127. The van der Waals surface area contributed by atoms with Crippen molar-refractivity contribution in [2.45, 2.75) is 63.8 Å². The van der Waals surface area contributed by atoms with Gasteiger partial charge in [0.1, 0.15) is 30.4 Å². The quantitative estimate of drug-likeness (QED) is 0.181. The minimum Gasteiger partial charge on any atom is -0.414 e. The van der Waals surface area contributed by atoms with Gasteiger partial charge in [0, 0.05) is 30.3 Å². The van der Waals surface area contributed by atoms with Gasteiger partial charge >= 0.3 is 0 Å². The van der Waals surface area contributed by atoms with Crippen LogP contribution in [0, 0.1) is 3.57 Å². The van der Waals surface area contributed by atoms with Crippen LogP contribution in [0.2, 0.25) is 18.1 Å². The molecule has 172 valence electrons. The SMILES string of the molecule is CN(C)C=Nc1ncnc2c1c(I)cn2[C@H]1C[C@@H](ON)[C@@H](CO[Si](C)(C)C(C)(C)C)O1. The van der Waals surface area contributed by atoms with E-state index >= 15 is 0 Å². The van der Waals surface area contributed by atoms with E-state index in [0.29, 0.717) is 18.8 Å². The standard InChI is InChI=1S/C20H33IN6O3Si/c1-20(2,3)31(6,7)28-10-15-14(30-22)8-16(29-15)27-9-13(21)17-18(25-12-26(4)5)23-11-24-19(17)27/h9,11-12,14-16H,8,10,22H2,1-7H3/t14-,15-,16-/m1/s1. The molecular formula is C20H33IN6O3Si. The average Bonchev–Trinajstić information content (AvgIpc) is 3.25. The summed E-state index contributed by atoms with van der Waals surface area (Å²) in [6.45, 7) is 11.6. The van der Waals surface area contributed by atoms with Crippen molar-refractivity contribution in [2.24, 2.45) is 10.9 Å². The molecule has 1 saturated heterocycles. The molecule has 1 aliphatic rings. The van der Waals surface area contributed by atoms with E-state index in [1.54, 1.807) is 6.34 Å². The van der Waals surface area contributed by atoms with Gasteiger partial charge in [-0.25, -0.2) is 20.9 Å². The number of nitrogens with zero attached hydrogens (tertiary/aromatic N) is 5. The lowest BCUT2D eigenvalue weighted by Gasteiger charge is -2.37. The van der Waals surface area contributed by atoms with Crippen LogP contribution in [0.1, 0.15) is 33.4 Å². The Morgan fingerprint density at radius 2 is 2.10 bits per heavy atom. The molecule has 0 bridgehead atoms. The monoisotopic (exact) mass is 560 g/mol. The predicted molar refractivity (Wildman–Crippen MR) is 133 cm³/mol. The maximum atomic E-state index is 6.38. The van der Waals surface area contributed by atoms with Crippen LogP contribution in [0.5, 0.6) is 0 Å². The minimum atomic E-state index is -1.91. The predicted octanol–water partition coefficient (Wildman–Crippen LogP) is 3.83. The molecule has 11 heteroatoms. The molecule has 3 rings (SSSR count). The number of aliphatic imine (C=N–C) groups is 1. The van der Waals surface area contributed by atoms with E-state index in [1.165, 1.54) is 6.33 Å². The van der Waals surface area contributed by atoms with Crippen molar-refractivity contribution in [3.63, 3.8) is 0 Å². The molecule has 2 aromatic rings. The molecule has 1 aliphatic heterocycles. The summed E-state index contributed by atoms with van der Waals surface area (Å²) in [5, 5.41) is 1.02. The number of halogens is 1. The Hall–Kier alpha value is -1.12. The second-order valence-corrected chi connectivity index (χ2v) is 15.6. The van der Waals surface area contributed by atoms with E-state index in [2.05, 4.69) is 71.4 Å². The average molecular weight is 561 g/mol. The molecule has 3 heterocycles. The summed E-state index contributed by atoms with van der Waals surface area (Å²) in [6.07, 6.45) is 5.14. The number of fused-ring (bicyclic) bond motifs is 1. The van der Waals surface area contributed by atoms with Crippen molar-refractivity contribution in [1.82, 2.24) is 19.4 Å². The Bertz CT molecular complexity index is 943. The fraction of sp³-hybridized carbons (Fsp3) is 0.650. The van der Waals surface area contributed by atoms with Crippen LogP contribution in [0.25, 0.3) is 11.0 Å². The van der Waals surface area contributed by atoms with Crippen molar-refractivity contribution < 1.29 is 14.0 Å². The van der Waals surface area contributed by atoms with Crippen molar-refractivity contribution in [1.29, 1.82) is 0 Å². The molecule has 0 unspecified atom stereocenters. The van der Waals surface area contributed by atoms with Gasteiger partial charge in [-0.2, -0.15) is 0 Å². The van der Waals surface area contributed by atoms with Crippen molar-refractivity contribution in [3.8, 4) is 0 Å². The van der Waals surface area contributed by atoms with E-state index in [4.69, 9.17) is 19.9 Å². The van der Waals surface area contributed by atoms with Crippen LogP contribution in [-0.4, -0.2) is 67.0 Å². The summed E-state index contributed by atoms with van der Waals surface area (Å²) >= 11 is 2.28. The first-order valence-electron chi connectivity index (χ1n) is 10.3. The number of hydrogen-bond acceptors (Lipinski definition) is 7. The molecule has 3 atom stereocenters. The van der Waals surface area contributed by atoms with E-state index in [0.717, 1.165) is 14.6 Å². The normalized spacial score (nSPS) is 22.7. The molecule has 0 amide bonds. The highest BCUT2D eigenvalue weighted by Crippen LogP contribution is 2.39. The fourth-order valence-corrected chi connectivity index (χ4v) is 4.98. The van der Waals surface area contributed by atoms with Gasteiger partial charge in [-0.05, 0) is 40.7 Å². The molecule has 0 spiro atoms. The van der Waals surface area contributed by atoms with Gasteiger partial charge in [0.05, 0.1) is 18.3 Å². The van der Waals surface area contributed by atoms with E-state index < -0.39 is 8.32 Å². The summed E-state index contributed by atoms with van der Waals surface area (Å²) in [6, 6.07) is 0. The number of aromatic nitrogens is 3. The molecule has 1 fully saturated rings. The zero-order chi connectivity index (χ0) is 23.0. The summed E-state index contributed by atoms with van der Waals surface area (Å²) in [7, 11) is 1.93. The number of ether oxygens (including phenoxy) is 1. The van der Waals surface area contributed by atoms with E-state index in [9.17, 15) is 0 Å². The molecule has 0 saturated carbocycles. The summed E-state index contributed by atoms with van der Waals surface area (Å²) in [4.78, 5) is 20.5. The fourth-order valence-electron chi connectivity index (χ4n) is 3.18. The van der Waals surface area contributed by atoms with E-state index in [-0.39, 0.29) is 23.5 Å². The third kappa shape index (κ3) is 5.28. The first-order chi connectivity index (χ1) is 14.4.